The SMILES string of the molecule is Cc1cc(N)ccc1C(=O)c1c(C)cc(F)cc1C. The highest BCUT2D eigenvalue weighted by Gasteiger charge is 2.17. The van der Waals surface area contributed by atoms with Gasteiger partial charge in [-0.3, -0.25) is 4.79 Å². The molecule has 0 saturated heterocycles. The Labute approximate surface area is 112 Å². The van der Waals surface area contributed by atoms with E-state index in [-0.39, 0.29) is 11.6 Å². The number of ketones is 1. The summed E-state index contributed by atoms with van der Waals surface area (Å²) >= 11 is 0. The maximum atomic E-state index is 13.3. The van der Waals surface area contributed by atoms with E-state index in [1.54, 1.807) is 32.0 Å². The number of hydrogen-bond acceptors (Lipinski definition) is 2. The van der Waals surface area contributed by atoms with Crippen molar-refractivity contribution in [2.24, 2.45) is 0 Å². The summed E-state index contributed by atoms with van der Waals surface area (Å²) < 4.78 is 13.3. The molecule has 2 rings (SSSR count). The van der Waals surface area contributed by atoms with Gasteiger partial charge in [0.1, 0.15) is 5.82 Å². The number of carbonyl (C=O) groups excluding carboxylic acids is 1. The maximum Gasteiger partial charge on any atom is 0.193 e. The summed E-state index contributed by atoms with van der Waals surface area (Å²) in [5.41, 5.74) is 9.61. The summed E-state index contributed by atoms with van der Waals surface area (Å²) in [6.45, 7) is 5.34. The van der Waals surface area contributed by atoms with E-state index < -0.39 is 0 Å². The lowest BCUT2D eigenvalue weighted by atomic mass is 9.92. The number of halogens is 1. The number of nitrogens with two attached hydrogens (primary N) is 1. The van der Waals surface area contributed by atoms with E-state index in [1.165, 1.54) is 12.1 Å². The molecule has 0 atom stereocenters. The highest BCUT2D eigenvalue weighted by atomic mass is 19.1. The normalized spacial score (nSPS) is 10.5. The van der Waals surface area contributed by atoms with Gasteiger partial charge in [0, 0.05) is 16.8 Å². The van der Waals surface area contributed by atoms with E-state index >= 15 is 0 Å². The van der Waals surface area contributed by atoms with Crippen LogP contribution in [0.4, 0.5) is 10.1 Å². The molecule has 98 valence electrons. The molecule has 2 N–H and O–H groups in total. The summed E-state index contributed by atoms with van der Waals surface area (Å²) in [4.78, 5) is 12.6. The predicted octanol–water partition coefficient (Wildman–Crippen LogP) is 3.56. The monoisotopic (exact) mass is 257 g/mol. The molecule has 0 aromatic heterocycles. The number of anilines is 1. The second-order valence-electron chi connectivity index (χ2n) is 4.82. The third-order valence-electron chi connectivity index (χ3n) is 3.22. The van der Waals surface area contributed by atoms with Crippen LogP contribution in [0.25, 0.3) is 0 Å². The van der Waals surface area contributed by atoms with Gasteiger partial charge in [-0.25, -0.2) is 4.39 Å². The van der Waals surface area contributed by atoms with Crippen molar-refractivity contribution in [3.63, 3.8) is 0 Å². The molecule has 3 heteroatoms. The van der Waals surface area contributed by atoms with Crippen molar-refractivity contribution in [3.8, 4) is 0 Å². The van der Waals surface area contributed by atoms with Crippen LogP contribution in [0.5, 0.6) is 0 Å². The smallest absolute Gasteiger partial charge is 0.193 e. The predicted molar refractivity (Wildman–Crippen MR) is 74.9 cm³/mol. The Morgan fingerprint density at radius 2 is 1.58 bits per heavy atom. The first kappa shape index (κ1) is 13.3. The van der Waals surface area contributed by atoms with Crippen molar-refractivity contribution in [2.75, 3.05) is 5.73 Å². The van der Waals surface area contributed by atoms with Gasteiger partial charge in [-0.2, -0.15) is 0 Å². The van der Waals surface area contributed by atoms with Crippen molar-refractivity contribution in [1.82, 2.24) is 0 Å². The van der Waals surface area contributed by atoms with Crippen LogP contribution in [-0.4, -0.2) is 5.78 Å². The van der Waals surface area contributed by atoms with Crippen molar-refractivity contribution in [2.45, 2.75) is 20.8 Å². The van der Waals surface area contributed by atoms with Gasteiger partial charge in [0.2, 0.25) is 0 Å². The highest BCUT2D eigenvalue weighted by molar-refractivity contribution is 6.11. The fourth-order valence-electron chi connectivity index (χ4n) is 2.35. The number of nitrogen functional groups attached to an aromatic ring is 1. The molecule has 19 heavy (non-hydrogen) atoms. The molecule has 0 aliphatic rings. The zero-order chi connectivity index (χ0) is 14.2. The molecule has 0 amide bonds. The van der Waals surface area contributed by atoms with Crippen LogP contribution >= 0.6 is 0 Å². The minimum atomic E-state index is -0.319. The first-order valence-electron chi connectivity index (χ1n) is 6.07. The fourth-order valence-corrected chi connectivity index (χ4v) is 2.35. The summed E-state index contributed by atoms with van der Waals surface area (Å²) in [6, 6.07) is 7.95. The van der Waals surface area contributed by atoms with Crippen molar-refractivity contribution in [3.05, 3.63) is 64.0 Å². The third-order valence-corrected chi connectivity index (χ3v) is 3.22. The number of carbonyl (C=O) groups is 1. The van der Waals surface area contributed by atoms with Crippen molar-refractivity contribution in [1.29, 1.82) is 0 Å². The van der Waals surface area contributed by atoms with E-state index in [0.29, 0.717) is 27.9 Å². The number of aryl methyl sites for hydroxylation is 3. The van der Waals surface area contributed by atoms with E-state index in [2.05, 4.69) is 0 Å². The average Bonchev–Trinajstić information content (AvgIpc) is 2.26. The van der Waals surface area contributed by atoms with Crippen LogP contribution in [0, 0.1) is 26.6 Å². The Bertz CT molecular complexity index is 639. The van der Waals surface area contributed by atoms with Crippen LogP contribution in [-0.2, 0) is 0 Å². The zero-order valence-corrected chi connectivity index (χ0v) is 11.3. The van der Waals surface area contributed by atoms with Gasteiger partial charge in [-0.1, -0.05) is 0 Å². The quantitative estimate of drug-likeness (QED) is 0.660. The van der Waals surface area contributed by atoms with Gasteiger partial charge in [0.25, 0.3) is 0 Å². The summed E-state index contributed by atoms with van der Waals surface area (Å²) in [5.74, 6) is -0.409. The molecule has 0 radical (unpaired) electrons. The Morgan fingerprint density at radius 1 is 1.00 bits per heavy atom. The Balaban J connectivity index is 2.56. The molecule has 0 spiro atoms. The lowest BCUT2D eigenvalue weighted by Gasteiger charge is -2.11. The molecule has 0 saturated carbocycles. The fraction of sp³-hybridized carbons (Fsp3) is 0.188. The Kier molecular flexibility index (Phi) is 3.38. The lowest BCUT2D eigenvalue weighted by Crippen LogP contribution is -2.09. The van der Waals surface area contributed by atoms with Crippen LogP contribution in [0.15, 0.2) is 30.3 Å². The molecular formula is C16H16FNO. The minimum Gasteiger partial charge on any atom is -0.399 e. The topological polar surface area (TPSA) is 43.1 Å². The molecule has 0 aliphatic heterocycles. The summed E-state index contributed by atoms with van der Waals surface area (Å²) in [6.07, 6.45) is 0. The standard InChI is InChI=1S/C16H16FNO/c1-9-8-13(18)4-5-14(9)16(19)15-10(2)6-12(17)7-11(15)3/h4-8H,18H2,1-3H3. The Morgan fingerprint density at radius 3 is 2.11 bits per heavy atom. The van der Waals surface area contributed by atoms with E-state index in [0.717, 1.165) is 5.56 Å². The minimum absolute atomic E-state index is 0.0903. The van der Waals surface area contributed by atoms with E-state index in [1.807, 2.05) is 6.92 Å². The van der Waals surface area contributed by atoms with Crippen LogP contribution in [0.1, 0.15) is 32.6 Å². The number of rotatable bonds is 2. The molecule has 2 nitrogen and oxygen atoms in total. The molecule has 0 unspecified atom stereocenters. The first-order chi connectivity index (χ1) is 8.90. The zero-order valence-electron chi connectivity index (χ0n) is 11.3. The van der Waals surface area contributed by atoms with Gasteiger partial charge >= 0.3 is 0 Å². The third kappa shape index (κ3) is 2.50. The highest BCUT2D eigenvalue weighted by Crippen LogP contribution is 2.22. The van der Waals surface area contributed by atoms with Crippen molar-refractivity contribution >= 4 is 11.5 Å². The van der Waals surface area contributed by atoms with Gasteiger partial charge < -0.3 is 5.73 Å². The van der Waals surface area contributed by atoms with Gasteiger partial charge in [-0.15, -0.1) is 0 Å². The molecule has 2 aromatic carbocycles. The molecule has 2 aromatic rings. The molecule has 0 heterocycles. The van der Waals surface area contributed by atoms with Crippen LogP contribution < -0.4 is 5.73 Å². The molecule has 0 aliphatic carbocycles. The lowest BCUT2D eigenvalue weighted by molar-refractivity contribution is 0.103. The molecule has 0 bridgehead atoms. The first-order valence-corrected chi connectivity index (χ1v) is 6.07. The average molecular weight is 257 g/mol. The van der Waals surface area contributed by atoms with E-state index in [9.17, 15) is 9.18 Å². The molecular weight excluding hydrogens is 241 g/mol. The number of hydrogen-bond donors (Lipinski definition) is 1. The second-order valence-corrected chi connectivity index (χ2v) is 4.82. The Hall–Kier alpha value is -2.16. The van der Waals surface area contributed by atoms with Gasteiger partial charge in [-0.05, 0) is 67.8 Å². The summed E-state index contributed by atoms with van der Waals surface area (Å²) in [7, 11) is 0. The molecule has 0 fully saturated rings. The van der Waals surface area contributed by atoms with Crippen LogP contribution in [0.3, 0.4) is 0 Å². The van der Waals surface area contributed by atoms with Crippen molar-refractivity contribution < 1.29 is 9.18 Å². The van der Waals surface area contributed by atoms with Crippen LogP contribution in [0.2, 0.25) is 0 Å². The maximum absolute atomic E-state index is 13.3. The summed E-state index contributed by atoms with van der Waals surface area (Å²) in [5, 5.41) is 0. The van der Waals surface area contributed by atoms with Gasteiger partial charge in [0.15, 0.2) is 5.78 Å². The second kappa shape index (κ2) is 4.84. The number of benzene rings is 2. The largest absolute Gasteiger partial charge is 0.399 e. The van der Waals surface area contributed by atoms with Gasteiger partial charge in [0.05, 0.1) is 0 Å². The van der Waals surface area contributed by atoms with E-state index in [4.69, 9.17) is 5.73 Å².